The lowest BCUT2D eigenvalue weighted by Crippen LogP contribution is -2.10. The van der Waals surface area contributed by atoms with E-state index in [1.165, 1.54) is 11.8 Å². The molecule has 0 aromatic heterocycles. The third kappa shape index (κ3) is 5.55. The van der Waals surface area contributed by atoms with Gasteiger partial charge in [-0.1, -0.05) is 36.2 Å². The maximum atomic E-state index is 12.3. The van der Waals surface area contributed by atoms with E-state index in [-0.39, 0.29) is 17.4 Å². The standard InChI is InChI=1S/C18H17Cl2NO2S/c1-2-4-18(23)21-13-5-3-6-14(10-13)24-11-17(22)15-8-7-12(19)9-16(15)20/h3,5-10H,2,4,11H2,1H3,(H,21,23). The van der Waals surface area contributed by atoms with Gasteiger partial charge in [0.15, 0.2) is 5.78 Å². The van der Waals surface area contributed by atoms with E-state index in [0.29, 0.717) is 22.0 Å². The van der Waals surface area contributed by atoms with Gasteiger partial charge in [-0.25, -0.2) is 0 Å². The fourth-order valence-electron chi connectivity index (χ4n) is 2.06. The Bertz CT molecular complexity index is 750. The van der Waals surface area contributed by atoms with Crippen LogP contribution in [0.3, 0.4) is 0 Å². The Hall–Kier alpha value is -1.49. The van der Waals surface area contributed by atoms with E-state index >= 15 is 0 Å². The first-order chi connectivity index (χ1) is 11.5. The second-order valence-electron chi connectivity index (χ2n) is 5.16. The quantitative estimate of drug-likeness (QED) is 0.493. The normalized spacial score (nSPS) is 10.5. The number of ketones is 1. The summed E-state index contributed by atoms with van der Waals surface area (Å²) in [6, 6.07) is 12.3. The zero-order valence-electron chi connectivity index (χ0n) is 13.1. The molecule has 0 unspecified atom stereocenters. The number of hydrogen-bond acceptors (Lipinski definition) is 3. The number of Topliss-reactive ketones (excluding diaryl/α,β-unsaturated/α-hetero) is 1. The van der Waals surface area contributed by atoms with Gasteiger partial charge >= 0.3 is 0 Å². The molecule has 0 radical (unpaired) electrons. The van der Waals surface area contributed by atoms with Crippen molar-refractivity contribution in [3.8, 4) is 0 Å². The fraction of sp³-hybridized carbons (Fsp3) is 0.222. The van der Waals surface area contributed by atoms with Gasteiger partial charge in [-0.15, -0.1) is 11.8 Å². The van der Waals surface area contributed by atoms with E-state index in [1.54, 1.807) is 18.2 Å². The Morgan fingerprint density at radius 2 is 1.92 bits per heavy atom. The number of anilines is 1. The number of amides is 1. The number of nitrogens with one attached hydrogen (secondary N) is 1. The van der Waals surface area contributed by atoms with Crippen LogP contribution in [0.4, 0.5) is 5.69 Å². The summed E-state index contributed by atoms with van der Waals surface area (Å²) >= 11 is 13.3. The maximum absolute atomic E-state index is 12.3. The first kappa shape index (κ1) is 18.8. The van der Waals surface area contributed by atoms with Crippen LogP contribution < -0.4 is 5.32 Å². The summed E-state index contributed by atoms with van der Waals surface area (Å²) in [4.78, 5) is 24.8. The van der Waals surface area contributed by atoms with Gasteiger partial charge in [0, 0.05) is 27.6 Å². The Kier molecular flexibility index (Phi) is 7.16. The summed E-state index contributed by atoms with van der Waals surface area (Å²) in [6.45, 7) is 1.96. The number of carbonyl (C=O) groups excluding carboxylic acids is 2. The number of benzene rings is 2. The molecule has 126 valence electrons. The van der Waals surface area contributed by atoms with Crippen molar-refractivity contribution >= 4 is 52.3 Å². The highest BCUT2D eigenvalue weighted by atomic mass is 35.5. The molecule has 2 rings (SSSR count). The molecule has 3 nitrogen and oxygen atoms in total. The van der Waals surface area contributed by atoms with E-state index in [4.69, 9.17) is 23.2 Å². The Labute approximate surface area is 155 Å². The highest BCUT2D eigenvalue weighted by Gasteiger charge is 2.11. The highest BCUT2D eigenvalue weighted by molar-refractivity contribution is 8.00. The van der Waals surface area contributed by atoms with Crippen LogP contribution in [0.5, 0.6) is 0 Å². The minimum atomic E-state index is -0.0675. The molecule has 0 saturated heterocycles. The third-order valence-corrected chi connectivity index (χ3v) is 4.74. The monoisotopic (exact) mass is 381 g/mol. The van der Waals surface area contributed by atoms with E-state index in [1.807, 2.05) is 31.2 Å². The van der Waals surface area contributed by atoms with E-state index in [2.05, 4.69) is 5.32 Å². The van der Waals surface area contributed by atoms with E-state index < -0.39 is 0 Å². The topological polar surface area (TPSA) is 46.2 Å². The van der Waals surface area contributed by atoms with Crippen LogP contribution in [0.1, 0.15) is 30.1 Å². The molecule has 24 heavy (non-hydrogen) atoms. The van der Waals surface area contributed by atoms with Gasteiger partial charge in [0.05, 0.1) is 10.8 Å². The molecule has 1 N–H and O–H groups in total. The minimum Gasteiger partial charge on any atom is -0.326 e. The summed E-state index contributed by atoms with van der Waals surface area (Å²) in [5, 5.41) is 3.70. The molecule has 0 aliphatic rings. The second-order valence-corrected chi connectivity index (χ2v) is 7.05. The summed E-state index contributed by atoms with van der Waals surface area (Å²) in [7, 11) is 0. The average molecular weight is 382 g/mol. The Morgan fingerprint density at radius 3 is 2.62 bits per heavy atom. The lowest BCUT2D eigenvalue weighted by Gasteiger charge is -2.07. The molecule has 0 aliphatic carbocycles. The van der Waals surface area contributed by atoms with Crippen LogP contribution in [0.2, 0.25) is 10.0 Å². The SMILES string of the molecule is CCCC(=O)Nc1cccc(SCC(=O)c2ccc(Cl)cc2Cl)c1. The highest BCUT2D eigenvalue weighted by Crippen LogP contribution is 2.26. The molecule has 0 bridgehead atoms. The van der Waals surface area contributed by atoms with Gasteiger partial charge < -0.3 is 5.32 Å². The van der Waals surface area contributed by atoms with Crippen molar-refractivity contribution in [1.82, 2.24) is 0 Å². The number of halogens is 2. The van der Waals surface area contributed by atoms with Crippen molar-refractivity contribution in [2.45, 2.75) is 24.7 Å². The number of carbonyl (C=O) groups is 2. The summed E-state index contributed by atoms with van der Waals surface area (Å²) < 4.78 is 0. The Morgan fingerprint density at radius 1 is 1.12 bits per heavy atom. The Balaban J connectivity index is 1.98. The van der Waals surface area contributed by atoms with Gasteiger partial charge in [0.1, 0.15) is 0 Å². The average Bonchev–Trinajstić information content (AvgIpc) is 2.53. The molecule has 0 atom stereocenters. The van der Waals surface area contributed by atoms with Crippen molar-refractivity contribution < 1.29 is 9.59 Å². The molecule has 0 saturated carbocycles. The smallest absolute Gasteiger partial charge is 0.224 e. The summed E-state index contributed by atoms with van der Waals surface area (Å²) in [5.41, 5.74) is 1.19. The summed E-state index contributed by atoms with van der Waals surface area (Å²) in [5.74, 6) is 0.180. The molecule has 0 spiro atoms. The molecule has 2 aromatic rings. The number of hydrogen-bond donors (Lipinski definition) is 1. The number of rotatable bonds is 7. The van der Waals surface area contributed by atoms with Gasteiger partial charge in [-0.05, 0) is 42.8 Å². The fourth-order valence-corrected chi connectivity index (χ4v) is 3.41. The molecule has 6 heteroatoms. The zero-order valence-corrected chi connectivity index (χ0v) is 15.5. The van der Waals surface area contributed by atoms with Crippen LogP contribution in [-0.4, -0.2) is 17.4 Å². The molecular weight excluding hydrogens is 365 g/mol. The van der Waals surface area contributed by atoms with Gasteiger partial charge in [0.2, 0.25) is 5.91 Å². The molecule has 0 heterocycles. The van der Waals surface area contributed by atoms with Crippen molar-refractivity contribution in [2.75, 3.05) is 11.1 Å². The lowest BCUT2D eigenvalue weighted by molar-refractivity contribution is -0.116. The molecular formula is C18H17Cl2NO2S. The minimum absolute atomic E-state index is 0.0105. The van der Waals surface area contributed by atoms with Gasteiger partial charge in [-0.3, -0.25) is 9.59 Å². The number of thioether (sulfide) groups is 1. The van der Waals surface area contributed by atoms with Crippen molar-refractivity contribution in [3.63, 3.8) is 0 Å². The van der Waals surface area contributed by atoms with Gasteiger partial charge in [0.25, 0.3) is 0 Å². The van der Waals surface area contributed by atoms with Crippen LogP contribution in [0.25, 0.3) is 0 Å². The molecule has 0 aliphatic heterocycles. The molecule has 0 fully saturated rings. The summed E-state index contributed by atoms with van der Waals surface area (Å²) in [6.07, 6.45) is 1.29. The first-order valence-corrected chi connectivity index (χ1v) is 9.24. The third-order valence-electron chi connectivity index (χ3n) is 3.20. The van der Waals surface area contributed by atoms with E-state index in [9.17, 15) is 9.59 Å². The van der Waals surface area contributed by atoms with Crippen molar-refractivity contribution in [2.24, 2.45) is 0 Å². The van der Waals surface area contributed by atoms with E-state index in [0.717, 1.165) is 17.0 Å². The second kappa shape index (κ2) is 9.11. The predicted octanol–water partition coefficient (Wildman–Crippen LogP) is 5.71. The van der Waals surface area contributed by atoms with Crippen LogP contribution in [0, 0.1) is 0 Å². The van der Waals surface area contributed by atoms with Gasteiger partial charge in [-0.2, -0.15) is 0 Å². The first-order valence-electron chi connectivity index (χ1n) is 7.50. The van der Waals surface area contributed by atoms with Crippen molar-refractivity contribution in [1.29, 1.82) is 0 Å². The lowest BCUT2D eigenvalue weighted by atomic mass is 10.1. The van der Waals surface area contributed by atoms with Crippen molar-refractivity contribution in [3.05, 3.63) is 58.1 Å². The van der Waals surface area contributed by atoms with Crippen LogP contribution >= 0.6 is 35.0 Å². The molecule has 2 aromatic carbocycles. The largest absolute Gasteiger partial charge is 0.326 e. The zero-order chi connectivity index (χ0) is 17.5. The molecule has 1 amide bonds. The van der Waals surface area contributed by atoms with Crippen LogP contribution in [-0.2, 0) is 4.79 Å². The predicted molar refractivity (Wildman–Crippen MR) is 101 cm³/mol. The van der Waals surface area contributed by atoms with Crippen LogP contribution in [0.15, 0.2) is 47.4 Å². The maximum Gasteiger partial charge on any atom is 0.224 e.